The summed E-state index contributed by atoms with van der Waals surface area (Å²) in [7, 11) is 0. The van der Waals surface area contributed by atoms with E-state index in [9.17, 15) is 4.79 Å². The van der Waals surface area contributed by atoms with Gasteiger partial charge in [0.05, 0.1) is 6.61 Å². The lowest BCUT2D eigenvalue weighted by Gasteiger charge is -2.42. The average molecular weight is 229 g/mol. The minimum atomic E-state index is -0.449. The molecule has 0 aromatic carbocycles. The molecule has 1 unspecified atom stereocenters. The summed E-state index contributed by atoms with van der Waals surface area (Å²) in [5.74, 6) is 0. The van der Waals surface area contributed by atoms with Gasteiger partial charge in [-0.25, -0.2) is 14.8 Å². The van der Waals surface area contributed by atoms with Crippen molar-refractivity contribution in [1.29, 1.82) is 0 Å². The van der Waals surface area contributed by atoms with E-state index in [2.05, 4.69) is 10.6 Å². The highest BCUT2D eigenvalue weighted by Gasteiger charge is 2.30. The molecular weight excluding hydrogens is 210 g/mol. The second kappa shape index (κ2) is 5.44. The van der Waals surface area contributed by atoms with E-state index in [-0.39, 0.29) is 6.23 Å². The van der Waals surface area contributed by atoms with Crippen molar-refractivity contribution in [3.8, 4) is 0 Å². The van der Waals surface area contributed by atoms with E-state index < -0.39 is 6.03 Å². The van der Waals surface area contributed by atoms with Gasteiger partial charge in [-0.05, 0) is 0 Å². The van der Waals surface area contributed by atoms with Gasteiger partial charge in [0.1, 0.15) is 0 Å². The monoisotopic (exact) mass is 229 g/mol. The zero-order valence-corrected chi connectivity index (χ0v) is 9.32. The highest BCUT2D eigenvalue weighted by atomic mass is 16.5. The molecule has 0 radical (unpaired) electrons. The van der Waals surface area contributed by atoms with Crippen LogP contribution in [-0.2, 0) is 4.74 Å². The van der Waals surface area contributed by atoms with Crippen LogP contribution in [0.2, 0.25) is 0 Å². The average Bonchev–Trinajstić information content (AvgIpc) is 2.31. The Balaban J connectivity index is 1.99. The smallest absolute Gasteiger partial charge is 0.331 e. The first kappa shape index (κ1) is 11.6. The van der Waals surface area contributed by atoms with Gasteiger partial charge in [-0.3, -0.25) is 0 Å². The molecule has 2 saturated heterocycles. The molecule has 2 amide bonds. The maximum Gasteiger partial charge on any atom is 0.331 e. The van der Waals surface area contributed by atoms with Gasteiger partial charge in [-0.15, -0.1) is 0 Å². The summed E-state index contributed by atoms with van der Waals surface area (Å²) in [5.41, 5.74) is 5.42. The van der Waals surface area contributed by atoms with Gasteiger partial charge in [-0.1, -0.05) is 0 Å². The Kier molecular flexibility index (Phi) is 3.94. The summed E-state index contributed by atoms with van der Waals surface area (Å²) in [6.07, 6.45) is -0.274. The fourth-order valence-corrected chi connectivity index (χ4v) is 2.04. The molecule has 0 saturated carbocycles. The summed E-state index contributed by atoms with van der Waals surface area (Å²) >= 11 is 0. The fraction of sp³-hybridized carbons (Fsp3) is 0.889. The van der Waals surface area contributed by atoms with Crippen molar-refractivity contribution >= 4 is 6.03 Å². The maximum absolute atomic E-state index is 11.5. The highest BCUT2D eigenvalue weighted by Crippen LogP contribution is 2.09. The van der Waals surface area contributed by atoms with E-state index in [4.69, 9.17) is 10.5 Å². The minimum Gasteiger partial charge on any atom is -0.354 e. The maximum atomic E-state index is 11.5. The van der Waals surface area contributed by atoms with Gasteiger partial charge < -0.3 is 21.1 Å². The standard InChI is InChI=1S/C9H19N5O2/c10-9(15)14(8-7-12-3-6-16-8)13-4-1-11-2-5-13/h8,11-12H,1-7H2,(H2,10,15). The lowest BCUT2D eigenvalue weighted by atomic mass is 10.4. The molecule has 2 heterocycles. The largest absolute Gasteiger partial charge is 0.354 e. The Bertz CT molecular complexity index is 220. The van der Waals surface area contributed by atoms with E-state index in [0.717, 1.165) is 32.7 Å². The number of ether oxygens (including phenoxy) is 1. The second-order valence-electron chi connectivity index (χ2n) is 3.92. The lowest BCUT2D eigenvalue weighted by Crippen LogP contribution is -2.63. The SMILES string of the molecule is NC(=O)N(C1CNCCO1)N1CCNCC1. The number of nitrogens with one attached hydrogen (secondary N) is 2. The van der Waals surface area contributed by atoms with E-state index in [1.165, 1.54) is 5.01 Å². The van der Waals surface area contributed by atoms with Crippen LogP contribution in [-0.4, -0.2) is 68.2 Å². The van der Waals surface area contributed by atoms with Gasteiger partial charge in [0.25, 0.3) is 0 Å². The predicted molar refractivity (Wildman–Crippen MR) is 58.5 cm³/mol. The molecule has 0 bridgehead atoms. The summed E-state index contributed by atoms with van der Waals surface area (Å²) in [6.45, 7) is 5.36. The van der Waals surface area contributed by atoms with Crippen LogP contribution in [0.3, 0.4) is 0 Å². The van der Waals surface area contributed by atoms with Crippen LogP contribution in [0.1, 0.15) is 0 Å². The first-order valence-corrected chi connectivity index (χ1v) is 5.65. The molecule has 0 aromatic heterocycles. The van der Waals surface area contributed by atoms with E-state index in [1.807, 2.05) is 5.01 Å². The van der Waals surface area contributed by atoms with Gasteiger partial charge in [0.15, 0.2) is 6.23 Å². The van der Waals surface area contributed by atoms with Crippen molar-refractivity contribution in [2.45, 2.75) is 6.23 Å². The number of urea groups is 1. The van der Waals surface area contributed by atoms with Crippen LogP contribution in [0.5, 0.6) is 0 Å². The number of hydrazine groups is 1. The van der Waals surface area contributed by atoms with E-state index in [1.54, 1.807) is 0 Å². The predicted octanol–water partition coefficient (Wildman–Crippen LogP) is -1.87. The number of morpholine rings is 1. The lowest BCUT2D eigenvalue weighted by molar-refractivity contribution is -0.143. The molecule has 16 heavy (non-hydrogen) atoms. The Morgan fingerprint density at radius 1 is 1.31 bits per heavy atom. The third-order valence-corrected chi connectivity index (χ3v) is 2.80. The van der Waals surface area contributed by atoms with Crippen LogP contribution in [0, 0.1) is 0 Å². The third-order valence-electron chi connectivity index (χ3n) is 2.80. The van der Waals surface area contributed by atoms with Crippen molar-refractivity contribution in [2.24, 2.45) is 5.73 Å². The van der Waals surface area contributed by atoms with Gasteiger partial charge in [0.2, 0.25) is 0 Å². The van der Waals surface area contributed by atoms with Crippen molar-refractivity contribution in [3.05, 3.63) is 0 Å². The Labute approximate surface area is 94.9 Å². The zero-order chi connectivity index (χ0) is 11.4. The van der Waals surface area contributed by atoms with E-state index >= 15 is 0 Å². The number of rotatable bonds is 2. The van der Waals surface area contributed by atoms with Crippen molar-refractivity contribution < 1.29 is 9.53 Å². The van der Waals surface area contributed by atoms with Gasteiger partial charge in [0, 0.05) is 39.3 Å². The number of primary amides is 1. The number of nitrogens with two attached hydrogens (primary N) is 1. The van der Waals surface area contributed by atoms with Crippen LogP contribution in [0.4, 0.5) is 4.79 Å². The molecule has 2 aliphatic rings. The highest BCUT2D eigenvalue weighted by molar-refractivity contribution is 5.71. The summed E-state index contributed by atoms with van der Waals surface area (Å²) < 4.78 is 5.56. The first-order valence-electron chi connectivity index (χ1n) is 5.65. The van der Waals surface area contributed by atoms with Crippen molar-refractivity contribution in [1.82, 2.24) is 20.7 Å². The van der Waals surface area contributed by atoms with Crippen LogP contribution in [0.25, 0.3) is 0 Å². The molecule has 0 spiro atoms. The summed E-state index contributed by atoms with van der Waals surface area (Å²) in [5, 5.41) is 9.92. The fourth-order valence-electron chi connectivity index (χ4n) is 2.04. The number of carbonyl (C=O) groups is 1. The molecular formula is C9H19N5O2. The second-order valence-corrected chi connectivity index (χ2v) is 3.92. The summed E-state index contributed by atoms with van der Waals surface area (Å²) in [4.78, 5) is 11.5. The first-order chi connectivity index (χ1) is 7.79. The number of nitrogens with zero attached hydrogens (tertiary/aromatic N) is 2. The van der Waals surface area contributed by atoms with Crippen LogP contribution < -0.4 is 16.4 Å². The molecule has 0 aliphatic carbocycles. The zero-order valence-electron chi connectivity index (χ0n) is 9.32. The summed E-state index contributed by atoms with van der Waals surface area (Å²) in [6, 6.07) is -0.449. The van der Waals surface area contributed by atoms with Crippen molar-refractivity contribution in [2.75, 3.05) is 45.9 Å². The van der Waals surface area contributed by atoms with E-state index in [0.29, 0.717) is 13.2 Å². The molecule has 2 aliphatic heterocycles. The van der Waals surface area contributed by atoms with Crippen LogP contribution >= 0.6 is 0 Å². The van der Waals surface area contributed by atoms with Crippen LogP contribution in [0.15, 0.2) is 0 Å². The number of hydrogen-bond donors (Lipinski definition) is 3. The number of hydrogen-bond acceptors (Lipinski definition) is 5. The Morgan fingerprint density at radius 2 is 2.06 bits per heavy atom. The molecule has 7 nitrogen and oxygen atoms in total. The molecule has 7 heteroatoms. The van der Waals surface area contributed by atoms with Crippen molar-refractivity contribution in [3.63, 3.8) is 0 Å². The quantitative estimate of drug-likeness (QED) is 0.517. The molecule has 4 N–H and O–H groups in total. The Hall–Kier alpha value is -0.890. The minimum absolute atomic E-state index is 0.274. The molecule has 0 aromatic rings. The normalized spacial score (nSPS) is 27.6. The molecule has 2 rings (SSSR count). The number of amides is 2. The van der Waals surface area contributed by atoms with Gasteiger partial charge in [-0.2, -0.15) is 0 Å². The topological polar surface area (TPSA) is 82.9 Å². The number of piperazine rings is 1. The third kappa shape index (κ3) is 2.62. The van der Waals surface area contributed by atoms with Gasteiger partial charge >= 0.3 is 6.03 Å². The number of carbonyl (C=O) groups excluding carboxylic acids is 1. The Morgan fingerprint density at radius 3 is 2.62 bits per heavy atom. The molecule has 2 fully saturated rings. The molecule has 92 valence electrons. The molecule has 1 atom stereocenters.